The second-order valence-corrected chi connectivity index (χ2v) is 8.63. The highest BCUT2D eigenvalue weighted by atomic mass is 19.4. The first-order valence-corrected chi connectivity index (χ1v) is 10.2. The minimum absolute atomic E-state index is 0.224. The highest BCUT2D eigenvalue weighted by Gasteiger charge is 2.38. The SMILES string of the molecule is CN1CCC[C@]2(CCCN(Cc3nc(Cc4cccc(C(F)(F)F)c4)no3)C2)C1. The van der Waals surface area contributed by atoms with Crippen LogP contribution in [0.1, 0.15) is 48.5 Å². The Balaban J connectivity index is 1.38. The quantitative estimate of drug-likeness (QED) is 0.766. The van der Waals surface area contributed by atoms with Crippen LogP contribution in [-0.2, 0) is 19.1 Å². The summed E-state index contributed by atoms with van der Waals surface area (Å²) in [5.74, 6) is 0.955. The fraction of sp³-hybridized carbons (Fsp3) is 0.619. The van der Waals surface area contributed by atoms with Crippen molar-refractivity contribution in [2.45, 2.75) is 44.8 Å². The minimum atomic E-state index is -4.35. The lowest BCUT2D eigenvalue weighted by molar-refractivity contribution is -0.137. The average molecular weight is 408 g/mol. The summed E-state index contributed by atoms with van der Waals surface area (Å²) in [5, 5.41) is 3.98. The van der Waals surface area contributed by atoms with Crippen LogP contribution in [0.4, 0.5) is 13.2 Å². The van der Waals surface area contributed by atoms with Crippen LogP contribution in [0.3, 0.4) is 0 Å². The Morgan fingerprint density at radius 2 is 1.93 bits per heavy atom. The maximum atomic E-state index is 12.9. The summed E-state index contributed by atoms with van der Waals surface area (Å²) in [6, 6.07) is 5.27. The summed E-state index contributed by atoms with van der Waals surface area (Å²) < 4.78 is 44.1. The van der Waals surface area contributed by atoms with E-state index in [2.05, 4.69) is 27.0 Å². The molecule has 3 heterocycles. The van der Waals surface area contributed by atoms with E-state index in [0.717, 1.165) is 31.8 Å². The number of alkyl halides is 3. The third kappa shape index (κ3) is 4.98. The highest BCUT2D eigenvalue weighted by Crippen LogP contribution is 2.38. The van der Waals surface area contributed by atoms with Crippen LogP contribution in [0.2, 0.25) is 0 Å². The molecule has 158 valence electrons. The minimum Gasteiger partial charge on any atom is -0.338 e. The zero-order chi connectivity index (χ0) is 20.5. The summed E-state index contributed by atoms with van der Waals surface area (Å²) in [5.41, 5.74) is 0.218. The first kappa shape index (κ1) is 20.3. The molecule has 2 aliphatic heterocycles. The third-order valence-electron chi connectivity index (χ3n) is 6.08. The topological polar surface area (TPSA) is 45.4 Å². The molecule has 29 heavy (non-hydrogen) atoms. The van der Waals surface area contributed by atoms with E-state index < -0.39 is 11.7 Å². The summed E-state index contributed by atoms with van der Waals surface area (Å²) >= 11 is 0. The van der Waals surface area contributed by atoms with Gasteiger partial charge in [0.05, 0.1) is 12.1 Å². The molecule has 1 aromatic heterocycles. The number of benzene rings is 1. The lowest BCUT2D eigenvalue weighted by Gasteiger charge is -2.47. The second kappa shape index (κ2) is 8.07. The molecule has 0 saturated carbocycles. The van der Waals surface area contributed by atoms with Crippen molar-refractivity contribution in [1.29, 1.82) is 0 Å². The zero-order valence-corrected chi connectivity index (χ0v) is 16.7. The zero-order valence-electron chi connectivity index (χ0n) is 16.7. The molecule has 2 aliphatic rings. The van der Waals surface area contributed by atoms with Gasteiger partial charge in [0.15, 0.2) is 5.82 Å². The van der Waals surface area contributed by atoms with Crippen LogP contribution < -0.4 is 0 Å². The van der Waals surface area contributed by atoms with Gasteiger partial charge in [-0.05, 0) is 62.9 Å². The molecule has 0 bridgehead atoms. The molecule has 4 rings (SSSR count). The van der Waals surface area contributed by atoms with E-state index >= 15 is 0 Å². The molecule has 0 aliphatic carbocycles. The Morgan fingerprint density at radius 1 is 1.14 bits per heavy atom. The maximum absolute atomic E-state index is 12.9. The van der Waals surface area contributed by atoms with E-state index in [1.54, 1.807) is 6.07 Å². The summed E-state index contributed by atoms with van der Waals surface area (Å²) in [7, 11) is 2.19. The molecule has 0 radical (unpaired) electrons. The van der Waals surface area contributed by atoms with Crippen LogP contribution >= 0.6 is 0 Å². The molecule has 8 heteroatoms. The van der Waals surface area contributed by atoms with Crippen LogP contribution in [-0.4, -0.2) is 53.2 Å². The van der Waals surface area contributed by atoms with Crippen LogP contribution in [0.25, 0.3) is 0 Å². The molecule has 0 N–H and O–H groups in total. The van der Waals surface area contributed by atoms with Crippen LogP contribution in [0, 0.1) is 5.41 Å². The Labute approximate surface area is 168 Å². The van der Waals surface area contributed by atoms with Gasteiger partial charge in [0.2, 0.25) is 5.89 Å². The predicted octanol–water partition coefficient (Wildman–Crippen LogP) is 3.99. The Bertz CT molecular complexity index is 833. The molecule has 2 aromatic rings. The molecule has 1 atom stereocenters. The molecule has 1 spiro atoms. The number of hydrogen-bond acceptors (Lipinski definition) is 5. The molecular weight excluding hydrogens is 381 g/mol. The fourth-order valence-electron chi connectivity index (χ4n) is 4.89. The number of likely N-dealkylation sites (tertiary alicyclic amines) is 2. The van der Waals surface area contributed by atoms with E-state index in [0.29, 0.717) is 29.2 Å². The number of rotatable bonds is 4. The Morgan fingerprint density at radius 3 is 2.69 bits per heavy atom. The van der Waals surface area contributed by atoms with Gasteiger partial charge < -0.3 is 9.42 Å². The van der Waals surface area contributed by atoms with Gasteiger partial charge in [-0.15, -0.1) is 0 Å². The average Bonchev–Trinajstić information content (AvgIpc) is 3.08. The van der Waals surface area contributed by atoms with Gasteiger partial charge >= 0.3 is 6.18 Å². The Hall–Kier alpha value is -1.93. The van der Waals surface area contributed by atoms with Gasteiger partial charge in [-0.3, -0.25) is 4.90 Å². The molecule has 2 fully saturated rings. The number of halogens is 3. The molecule has 5 nitrogen and oxygen atoms in total. The summed E-state index contributed by atoms with van der Waals surface area (Å²) in [6.07, 6.45) is 0.806. The first-order chi connectivity index (χ1) is 13.8. The standard InChI is InChI=1S/C21H27F3N4O/c1-27-9-3-7-20(14-27)8-4-10-28(15-20)13-19-25-18(26-29-19)12-16-5-2-6-17(11-16)21(22,23)24/h2,5-6,11H,3-4,7-10,12-15H2,1H3/t20-/m0/s1. The second-order valence-electron chi connectivity index (χ2n) is 8.63. The maximum Gasteiger partial charge on any atom is 0.416 e. The molecule has 0 unspecified atom stereocenters. The van der Waals surface area contributed by atoms with E-state index in [-0.39, 0.29) is 6.42 Å². The molecule has 2 saturated heterocycles. The highest BCUT2D eigenvalue weighted by molar-refractivity contribution is 5.27. The van der Waals surface area contributed by atoms with Crippen LogP contribution in [0.15, 0.2) is 28.8 Å². The van der Waals surface area contributed by atoms with Gasteiger partial charge in [0.1, 0.15) is 0 Å². The van der Waals surface area contributed by atoms with E-state index in [1.165, 1.54) is 38.3 Å². The van der Waals surface area contributed by atoms with Crippen molar-refractivity contribution in [3.63, 3.8) is 0 Å². The third-order valence-corrected chi connectivity index (χ3v) is 6.08. The van der Waals surface area contributed by atoms with E-state index in [4.69, 9.17) is 4.52 Å². The first-order valence-electron chi connectivity index (χ1n) is 10.2. The van der Waals surface area contributed by atoms with Crippen molar-refractivity contribution in [2.75, 3.05) is 33.2 Å². The smallest absolute Gasteiger partial charge is 0.338 e. The van der Waals surface area contributed by atoms with Crippen molar-refractivity contribution < 1.29 is 17.7 Å². The lowest BCUT2D eigenvalue weighted by Crippen LogP contribution is -2.51. The van der Waals surface area contributed by atoms with E-state index in [9.17, 15) is 13.2 Å². The number of hydrogen-bond donors (Lipinski definition) is 0. The summed E-state index contributed by atoms with van der Waals surface area (Å²) in [6.45, 7) is 4.94. The monoisotopic (exact) mass is 408 g/mol. The number of aromatic nitrogens is 2. The lowest BCUT2D eigenvalue weighted by atomic mass is 9.74. The largest absolute Gasteiger partial charge is 0.416 e. The fourth-order valence-corrected chi connectivity index (χ4v) is 4.89. The summed E-state index contributed by atoms with van der Waals surface area (Å²) in [4.78, 5) is 9.23. The number of nitrogens with zero attached hydrogens (tertiary/aromatic N) is 4. The van der Waals surface area contributed by atoms with Gasteiger partial charge in [-0.1, -0.05) is 23.4 Å². The number of piperidine rings is 2. The van der Waals surface area contributed by atoms with Gasteiger partial charge in [0.25, 0.3) is 0 Å². The molecular formula is C21H27F3N4O. The van der Waals surface area contributed by atoms with Gasteiger partial charge in [-0.2, -0.15) is 18.2 Å². The normalized spacial score (nSPS) is 24.3. The van der Waals surface area contributed by atoms with Crippen molar-refractivity contribution in [1.82, 2.24) is 19.9 Å². The van der Waals surface area contributed by atoms with Crippen molar-refractivity contribution in [3.05, 3.63) is 47.1 Å². The Kier molecular flexibility index (Phi) is 5.66. The van der Waals surface area contributed by atoms with Crippen molar-refractivity contribution in [3.8, 4) is 0 Å². The van der Waals surface area contributed by atoms with Crippen molar-refractivity contribution in [2.24, 2.45) is 5.41 Å². The van der Waals surface area contributed by atoms with Crippen molar-refractivity contribution >= 4 is 0 Å². The van der Waals surface area contributed by atoms with E-state index in [1.807, 2.05) is 0 Å². The molecule has 0 amide bonds. The predicted molar refractivity (Wildman–Crippen MR) is 102 cm³/mol. The molecule has 1 aromatic carbocycles. The van der Waals surface area contributed by atoms with Crippen LogP contribution in [0.5, 0.6) is 0 Å². The van der Waals surface area contributed by atoms with Gasteiger partial charge in [-0.25, -0.2) is 0 Å². The van der Waals surface area contributed by atoms with Gasteiger partial charge in [0, 0.05) is 19.5 Å².